The number of methoxy groups -OCH3 is 2. The molecule has 0 spiro atoms. The van der Waals surface area contributed by atoms with Crippen molar-refractivity contribution in [2.45, 2.75) is 39.2 Å². The number of hydrogen-bond donors (Lipinski definition) is 1. The van der Waals surface area contributed by atoms with Crippen molar-refractivity contribution in [3.05, 3.63) is 53.6 Å². The van der Waals surface area contributed by atoms with Crippen LogP contribution in [0, 0.1) is 6.92 Å². The zero-order valence-corrected chi connectivity index (χ0v) is 19.7. The van der Waals surface area contributed by atoms with Crippen LogP contribution in [0.25, 0.3) is 0 Å². The minimum atomic E-state index is -3.45. The molecule has 0 fully saturated rings. The summed E-state index contributed by atoms with van der Waals surface area (Å²) in [5.74, 6) is 1.11. The summed E-state index contributed by atoms with van der Waals surface area (Å²) in [6.45, 7) is 4.10. The summed E-state index contributed by atoms with van der Waals surface area (Å²) in [5, 5.41) is 3.03. The highest BCUT2D eigenvalue weighted by atomic mass is 32.2. The first kappa shape index (κ1) is 24.5. The molecule has 170 valence electrons. The van der Waals surface area contributed by atoms with Crippen LogP contribution in [0.5, 0.6) is 11.5 Å². The van der Waals surface area contributed by atoms with Crippen LogP contribution >= 0.6 is 0 Å². The van der Waals surface area contributed by atoms with Crippen molar-refractivity contribution in [2.75, 3.05) is 31.3 Å². The van der Waals surface area contributed by atoms with Crippen LogP contribution in [-0.2, 0) is 14.8 Å². The lowest BCUT2D eigenvalue weighted by Crippen LogP contribution is -2.33. The molecule has 0 aliphatic heterocycles. The van der Waals surface area contributed by atoms with E-state index in [1.807, 2.05) is 50.2 Å². The molecule has 2 aromatic carbocycles. The van der Waals surface area contributed by atoms with E-state index in [9.17, 15) is 13.2 Å². The summed E-state index contributed by atoms with van der Waals surface area (Å²) in [5.41, 5.74) is 2.44. The van der Waals surface area contributed by atoms with E-state index in [0.29, 0.717) is 30.0 Å². The van der Waals surface area contributed by atoms with Gasteiger partial charge in [-0.3, -0.25) is 9.10 Å². The largest absolute Gasteiger partial charge is 0.493 e. The molecular weight excluding hydrogens is 416 g/mol. The molecule has 1 N–H and O–H groups in total. The molecule has 0 saturated carbocycles. The van der Waals surface area contributed by atoms with Crippen LogP contribution in [0.2, 0.25) is 0 Å². The second-order valence-corrected chi connectivity index (χ2v) is 9.27. The first-order valence-electron chi connectivity index (χ1n) is 10.3. The Morgan fingerprint density at radius 2 is 1.77 bits per heavy atom. The zero-order valence-electron chi connectivity index (χ0n) is 18.8. The lowest BCUT2D eigenvalue weighted by molar-refractivity contribution is -0.121. The number of rotatable bonds is 11. The van der Waals surface area contributed by atoms with Gasteiger partial charge in [0.05, 0.1) is 32.2 Å². The Labute approximate surface area is 185 Å². The number of aryl methyl sites for hydroxylation is 1. The first-order valence-corrected chi connectivity index (χ1v) is 12.1. The Hall–Kier alpha value is -2.74. The third-order valence-corrected chi connectivity index (χ3v) is 6.28. The second kappa shape index (κ2) is 11.0. The number of amides is 1. The summed E-state index contributed by atoms with van der Waals surface area (Å²) in [4.78, 5) is 12.6. The highest BCUT2D eigenvalue weighted by Crippen LogP contribution is 2.31. The third kappa shape index (κ3) is 6.62. The number of nitrogens with zero attached hydrogens (tertiary/aromatic N) is 1. The minimum absolute atomic E-state index is 0.125. The summed E-state index contributed by atoms with van der Waals surface area (Å²) in [6, 6.07) is 12.7. The van der Waals surface area contributed by atoms with Crippen molar-refractivity contribution in [1.29, 1.82) is 0 Å². The Balaban J connectivity index is 2.02. The average Bonchev–Trinajstić information content (AvgIpc) is 2.74. The van der Waals surface area contributed by atoms with E-state index in [1.54, 1.807) is 20.3 Å². The van der Waals surface area contributed by atoms with Gasteiger partial charge >= 0.3 is 0 Å². The van der Waals surface area contributed by atoms with E-state index in [-0.39, 0.29) is 24.9 Å². The number of hydrogen-bond acceptors (Lipinski definition) is 5. The van der Waals surface area contributed by atoms with E-state index in [0.717, 1.165) is 11.1 Å². The van der Waals surface area contributed by atoms with Crippen molar-refractivity contribution < 1.29 is 22.7 Å². The Morgan fingerprint density at radius 1 is 1.10 bits per heavy atom. The van der Waals surface area contributed by atoms with Crippen molar-refractivity contribution in [3.8, 4) is 11.5 Å². The van der Waals surface area contributed by atoms with E-state index in [4.69, 9.17) is 9.47 Å². The molecule has 7 nitrogen and oxygen atoms in total. The fourth-order valence-electron chi connectivity index (χ4n) is 3.45. The highest BCUT2D eigenvalue weighted by molar-refractivity contribution is 7.92. The summed E-state index contributed by atoms with van der Waals surface area (Å²) >= 11 is 0. The third-order valence-electron chi connectivity index (χ3n) is 5.10. The highest BCUT2D eigenvalue weighted by Gasteiger charge is 2.20. The Kier molecular flexibility index (Phi) is 8.74. The molecule has 0 aromatic heterocycles. The molecule has 1 amide bonds. The fourth-order valence-corrected chi connectivity index (χ4v) is 4.47. The van der Waals surface area contributed by atoms with Crippen LogP contribution in [-0.4, -0.2) is 41.3 Å². The molecular formula is C23H32N2O5S. The van der Waals surface area contributed by atoms with E-state index >= 15 is 0 Å². The van der Waals surface area contributed by atoms with Gasteiger partial charge in [-0.1, -0.05) is 31.2 Å². The van der Waals surface area contributed by atoms with Gasteiger partial charge in [-0.25, -0.2) is 8.42 Å². The van der Waals surface area contributed by atoms with Gasteiger partial charge in [0.25, 0.3) is 0 Å². The molecule has 2 aromatic rings. The number of para-hydroxylation sites is 1. The lowest BCUT2D eigenvalue weighted by atomic mass is 10.0. The molecule has 1 unspecified atom stereocenters. The molecule has 0 bridgehead atoms. The monoisotopic (exact) mass is 448 g/mol. The number of benzene rings is 2. The molecule has 0 saturated heterocycles. The SMILES string of the molecule is CCC(NC(=O)CCCN(c1ccccc1C)S(C)(=O)=O)c1ccc(OC)c(OC)c1. The maximum absolute atomic E-state index is 12.6. The van der Waals surface area contributed by atoms with E-state index in [2.05, 4.69) is 5.32 Å². The van der Waals surface area contributed by atoms with Crippen LogP contribution < -0.4 is 19.1 Å². The zero-order chi connectivity index (χ0) is 23.0. The molecule has 2 rings (SSSR count). The topological polar surface area (TPSA) is 84.9 Å². The molecule has 0 radical (unpaired) electrons. The predicted octanol–water partition coefficient (Wildman–Crippen LogP) is 3.83. The van der Waals surface area contributed by atoms with Gasteiger partial charge < -0.3 is 14.8 Å². The van der Waals surface area contributed by atoms with Crippen molar-refractivity contribution >= 4 is 21.6 Å². The standard InChI is InChI=1S/C23H32N2O5S/c1-6-19(18-13-14-21(29-3)22(16-18)30-4)24-23(26)12-9-15-25(31(5,27)28)20-11-8-7-10-17(20)2/h7-8,10-11,13-14,16,19H,6,9,12,15H2,1-5H3,(H,24,26). The summed E-state index contributed by atoms with van der Waals surface area (Å²) in [7, 11) is -0.298. The molecule has 0 aliphatic carbocycles. The van der Waals surface area contributed by atoms with Crippen LogP contribution in [0.15, 0.2) is 42.5 Å². The Bertz CT molecular complexity index is 991. The minimum Gasteiger partial charge on any atom is -0.493 e. The van der Waals surface area contributed by atoms with Gasteiger partial charge in [-0.15, -0.1) is 0 Å². The van der Waals surface area contributed by atoms with Gasteiger partial charge in [-0.2, -0.15) is 0 Å². The molecule has 8 heteroatoms. The van der Waals surface area contributed by atoms with Gasteiger partial charge in [0.15, 0.2) is 11.5 Å². The number of sulfonamides is 1. The number of ether oxygens (including phenoxy) is 2. The normalized spacial score (nSPS) is 12.2. The Morgan fingerprint density at radius 3 is 2.35 bits per heavy atom. The van der Waals surface area contributed by atoms with Gasteiger partial charge in [-0.05, 0) is 49.1 Å². The quantitative estimate of drug-likeness (QED) is 0.565. The van der Waals surface area contributed by atoms with Crippen molar-refractivity contribution in [3.63, 3.8) is 0 Å². The number of anilines is 1. The average molecular weight is 449 g/mol. The maximum atomic E-state index is 12.6. The van der Waals surface area contributed by atoms with Gasteiger partial charge in [0.2, 0.25) is 15.9 Å². The number of carbonyl (C=O) groups is 1. The molecule has 0 heterocycles. The lowest BCUT2D eigenvalue weighted by Gasteiger charge is -2.24. The first-order chi connectivity index (χ1) is 14.7. The van der Waals surface area contributed by atoms with Crippen molar-refractivity contribution in [2.24, 2.45) is 0 Å². The molecule has 0 aliphatic rings. The van der Waals surface area contributed by atoms with Crippen LogP contribution in [0.4, 0.5) is 5.69 Å². The van der Waals surface area contributed by atoms with Crippen LogP contribution in [0.3, 0.4) is 0 Å². The van der Waals surface area contributed by atoms with E-state index in [1.165, 1.54) is 10.6 Å². The molecule has 31 heavy (non-hydrogen) atoms. The number of carbonyl (C=O) groups excluding carboxylic acids is 1. The second-order valence-electron chi connectivity index (χ2n) is 7.37. The van der Waals surface area contributed by atoms with Gasteiger partial charge in [0.1, 0.15) is 0 Å². The smallest absolute Gasteiger partial charge is 0.232 e. The summed E-state index contributed by atoms with van der Waals surface area (Å²) in [6.07, 6.45) is 2.53. The van der Waals surface area contributed by atoms with Gasteiger partial charge in [0, 0.05) is 13.0 Å². The van der Waals surface area contributed by atoms with E-state index < -0.39 is 10.0 Å². The molecule has 1 atom stereocenters. The van der Waals surface area contributed by atoms with Crippen molar-refractivity contribution in [1.82, 2.24) is 5.32 Å². The maximum Gasteiger partial charge on any atom is 0.232 e. The fraction of sp³-hybridized carbons (Fsp3) is 0.435. The predicted molar refractivity (Wildman–Crippen MR) is 123 cm³/mol. The summed E-state index contributed by atoms with van der Waals surface area (Å²) < 4.78 is 36.6. The van der Waals surface area contributed by atoms with Crippen LogP contribution in [0.1, 0.15) is 43.4 Å². The number of nitrogens with one attached hydrogen (secondary N) is 1.